The summed E-state index contributed by atoms with van der Waals surface area (Å²) in [5.74, 6) is 0.893. The molecule has 1 aromatic rings. The Bertz CT molecular complexity index is 779. The number of fused-ring (bicyclic) bond motifs is 1. The number of nitrogens with two attached hydrogens (primary N) is 1. The topological polar surface area (TPSA) is 111 Å². The molecular formula is C17H26ClN3O5S. The number of unbranched alkanes of at least 4 members (excludes halogenated alkanes) is 1. The first kappa shape index (κ1) is 21.6. The molecule has 3 N–H and O–H groups in total. The highest BCUT2D eigenvalue weighted by molar-refractivity contribution is 7.89. The molecule has 3 rings (SSSR count). The lowest BCUT2D eigenvalue weighted by atomic mass is 9.97. The number of hydrogen-bond acceptors (Lipinski definition) is 6. The second-order valence-corrected chi connectivity index (χ2v) is 8.71. The molecule has 2 heterocycles. The fourth-order valence-electron chi connectivity index (χ4n) is 3.15. The smallest absolute Gasteiger partial charge is 0.231 e. The summed E-state index contributed by atoms with van der Waals surface area (Å²) in [5, 5.41) is 2.83. The Morgan fingerprint density at radius 3 is 2.52 bits per heavy atom. The molecule has 1 aromatic carbocycles. The Hall–Kier alpha value is -1.71. The third-order valence-electron chi connectivity index (χ3n) is 4.78. The normalized spacial score (nSPS) is 17.4. The summed E-state index contributed by atoms with van der Waals surface area (Å²) >= 11 is 0. The number of benzene rings is 1. The van der Waals surface area contributed by atoms with Crippen molar-refractivity contribution in [2.45, 2.75) is 32.6 Å². The molecule has 0 aliphatic carbocycles. The summed E-state index contributed by atoms with van der Waals surface area (Å²) < 4.78 is 36.5. The summed E-state index contributed by atoms with van der Waals surface area (Å²) in [6.07, 6.45) is 2.50. The van der Waals surface area contributed by atoms with Crippen LogP contribution >= 0.6 is 12.4 Å². The average molecular weight is 420 g/mol. The van der Waals surface area contributed by atoms with Crippen LogP contribution in [-0.4, -0.2) is 44.3 Å². The van der Waals surface area contributed by atoms with Crippen LogP contribution in [0.15, 0.2) is 12.1 Å². The SMILES string of the molecule is CCCCS(=O)(=O)N1CCC(C(=O)Nc2cc3c(cc2N)OCO3)CC1.Cl. The molecule has 10 heteroatoms. The van der Waals surface area contributed by atoms with E-state index in [4.69, 9.17) is 15.2 Å². The van der Waals surface area contributed by atoms with Crippen LogP contribution in [0, 0.1) is 5.92 Å². The number of rotatable bonds is 6. The number of ether oxygens (including phenoxy) is 2. The highest BCUT2D eigenvalue weighted by atomic mass is 35.5. The fourth-order valence-corrected chi connectivity index (χ4v) is 4.83. The molecule has 0 radical (unpaired) electrons. The summed E-state index contributed by atoms with van der Waals surface area (Å²) in [5.41, 5.74) is 6.85. The minimum atomic E-state index is -3.22. The van der Waals surface area contributed by atoms with Crippen LogP contribution in [0.3, 0.4) is 0 Å². The minimum Gasteiger partial charge on any atom is -0.454 e. The standard InChI is InChI=1S/C17H25N3O5S.ClH/c1-2-3-8-26(22,23)20-6-4-12(5-7-20)17(21)19-14-10-16-15(9-13(14)18)24-11-25-16;/h9-10,12H,2-8,11,18H2,1H3,(H,19,21);1H. The van der Waals surface area contributed by atoms with Crippen LogP contribution in [0.2, 0.25) is 0 Å². The highest BCUT2D eigenvalue weighted by Gasteiger charge is 2.31. The highest BCUT2D eigenvalue weighted by Crippen LogP contribution is 2.38. The van der Waals surface area contributed by atoms with Gasteiger partial charge in [-0.25, -0.2) is 12.7 Å². The van der Waals surface area contributed by atoms with E-state index in [0.29, 0.717) is 55.2 Å². The van der Waals surface area contributed by atoms with Gasteiger partial charge in [-0.2, -0.15) is 0 Å². The average Bonchev–Trinajstić information content (AvgIpc) is 3.07. The van der Waals surface area contributed by atoms with Crippen LogP contribution in [-0.2, 0) is 14.8 Å². The Morgan fingerprint density at radius 2 is 1.89 bits per heavy atom. The molecule has 0 unspecified atom stereocenters. The van der Waals surface area contributed by atoms with Crippen LogP contribution < -0.4 is 20.5 Å². The van der Waals surface area contributed by atoms with Crippen molar-refractivity contribution in [2.24, 2.45) is 5.92 Å². The van der Waals surface area contributed by atoms with Gasteiger partial charge in [0.15, 0.2) is 11.5 Å². The van der Waals surface area contributed by atoms with Gasteiger partial charge in [-0.15, -0.1) is 12.4 Å². The van der Waals surface area contributed by atoms with E-state index in [0.717, 1.165) is 6.42 Å². The molecule has 27 heavy (non-hydrogen) atoms. The fraction of sp³-hybridized carbons (Fsp3) is 0.588. The summed E-state index contributed by atoms with van der Waals surface area (Å²) in [6.45, 7) is 2.85. The van der Waals surface area contributed by atoms with Crippen molar-refractivity contribution in [1.82, 2.24) is 4.31 Å². The zero-order chi connectivity index (χ0) is 18.7. The van der Waals surface area contributed by atoms with E-state index in [-0.39, 0.29) is 36.8 Å². The predicted octanol–water partition coefficient (Wildman–Crippen LogP) is 2.20. The first-order valence-electron chi connectivity index (χ1n) is 8.88. The first-order valence-corrected chi connectivity index (χ1v) is 10.5. The van der Waals surface area contributed by atoms with E-state index in [1.807, 2.05) is 6.92 Å². The van der Waals surface area contributed by atoms with Gasteiger partial charge in [0.1, 0.15) is 0 Å². The summed E-state index contributed by atoms with van der Waals surface area (Å²) in [7, 11) is -3.22. The van der Waals surface area contributed by atoms with Gasteiger partial charge in [-0.1, -0.05) is 13.3 Å². The van der Waals surface area contributed by atoms with Crippen molar-refractivity contribution < 1.29 is 22.7 Å². The third-order valence-corrected chi connectivity index (χ3v) is 6.73. The second-order valence-electron chi connectivity index (χ2n) is 6.62. The van der Waals surface area contributed by atoms with E-state index < -0.39 is 10.0 Å². The van der Waals surface area contributed by atoms with Crippen molar-refractivity contribution in [3.8, 4) is 11.5 Å². The molecule has 0 bridgehead atoms. The number of amides is 1. The van der Waals surface area contributed by atoms with Crippen molar-refractivity contribution in [1.29, 1.82) is 0 Å². The van der Waals surface area contributed by atoms with Gasteiger partial charge in [-0.3, -0.25) is 4.79 Å². The van der Waals surface area contributed by atoms with Crippen molar-refractivity contribution in [3.63, 3.8) is 0 Å². The maximum atomic E-state index is 12.5. The van der Waals surface area contributed by atoms with E-state index in [1.54, 1.807) is 12.1 Å². The van der Waals surface area contributed by atoms with Crippen molar-refractivity contribution in [2.75, 3.05) is 36.7 Å². The third kappa shape index (κ3) is 4.97. The monoisotopic (exact) mass is 419 g/mol. The number of anilines is 2. The van der Waals surface area contributed by atoms with E-state index in [2.05, 4.69) is 5.32 Å². The number of nitrogen functional groups attached to an aromatic ring is 1. The number of sulfonamides is 1. The number of nitrogens with one attached hydrogen (secondary N) is 1. The largest absolute Gasteiger partial charge is 0.454 e. The minimum absolute atomic E-state index is 0. The van der Waals surface area contributed by atoms with Crippen LogP contribution in [0.5, 0.6) is 11.5 Å². The van der Waals surface area contributed by atoms with Gasteiger partial charge in [0.05, 0.1) is 17.1 Å². The van der Waals surface area contributed by atoms with E-state index >= 15 is 0 Å². The molecule has 1 amide bonds. The quantitative estimate of drug-likeness (QED) is 0.684. The Balaban J connectivity index is 0.00000261. The number of piperidine rings is 1. The molecule has 152 valence electrons. The lowest BCUT2D eigenvalue weighted by Crippen LogP contribution is -2.42. The van der Waals surface area contributed by atoms with Crippen LogP contribution in [0.1, 0.15) is 32.6 Å². The molecule has 8 nitrogen and oxygen atoms in total. The van der Waals surface area contributed by atoms with Gasteiger partial charge in [0.2, 0.25) is 22.7 Å². The van der Waals surface area contributed by atoms with Crippen LogP contribution in [0.4, 0.5) is 11.4 Å². The summed E-state index contributed by atoms with van der Waals surface area (Å²) in [6, 6.07) is 3.28. The molecule has 0 atom stereocenters. The zero-order valence-corrected chi connectivity index (χ0v) is 16.9. The number of hydrogen-bond donors (Lipinski definition) is 2. The van der Waals surface area contributed by atoms with Gasteiger partial charge in [0, 0.05) is 31.1 Å². The number of halogens is 1. The Morgan fingerprint density at radius 1 is 1.26 bits per heavy atom. The maximum Gasteiger partial charge on any atom is 0.231 e. The maximum absolute atomic E-state index is 12.5. The first-order chi connectivity index (χ1) is 12.4. The number of carbonyl (C=O) groups excluding carboxylic acids is 1. The molecule has 1 saturated heterocycles. The van der Waals surface area contributed by atoms with Crippen LogP contribution in [0.25, 0.3) is 0 Å². The van der Waals surface area contributed by atoms with E-state index in [9.17, 15) is 13.2 Å². The molecule has 2 aliphatic heterocycles. The molecule has 0 saturated carbocycles. The molecule has 2 aliphatic rings. The molecule has 0 aromatic heterocycles. The van der Waals surface area contributed by atoms with Gasteiger partial charge in [0.25, 0.3) is 0 Å². The van der Waals surface area contributed by atoms with E-state index in [1.165, 1.54) is 4.31 Å². The predicted molar refractivity (Wildman–Crippen MR) is 106 cm³/mol. The summed E-state index contributed by atoms with van der Waals surface area (Å²) in [4.78, 5) is 12.5. The van der Waals surface area contributed by atoms with Gasteiger partial charge >= 0.3 is 0 Å². The van der Waals surface area contributed by atoms with Crippen molar-refractivity contribution in [3.05, 3.63) is 12.1 Å². The zero-order valence-electron chi connectivity index (χ0n) is 15.3. The van der Waals surface area contributed by atoms with Crippen molar-refractivity contribution >= 4 is 39.7 Å². The molecule has 1 fully saturated rings. The number of carbonyl (C=O) groups is 1. The number of nitrogens with zero attached hydrogens (tertiary/aromatic N) is 1. The molecular weight excluding hydrogens is 394 g/mol. The lowest BCUT2D eigenvalue weighted by Gasteiger charge is -2.30. The second kappa shape index (κ2) is 8.99. The Labute approximate surface area is 165 Å². The van der Waals surface area contributed by atoms with Gasteiger partial charge in [-0.05, 0) is 19.3 Å². The van der Waals surface area contributed by atoms with Gasteiger partial charge < -0.3 is 20.5 Å². The molecule has 0 spiro atoms. The lowest BCUT2D eigenvalue weighted by molar-refractivity contribution is -0.120. The Kier molecular flexibility index (Phi) is 7.19.